The van der Waals surface area contributed by atoms with Crippen LogP contribution in [-0.4, -0.2) is 62.7 Å². The maximum Gasteiger partial charge on any atom is 0.346 e. The Morgan fingerprint density at radius 2 is 0.980 bits per heavy atom. The van der Waals surface area contributed by atoms with Crippen molar-refractivity contribution in [1.82, 2.24) is 15.0 Å². The van der Waals surface area contributed by atoms with Crippen molar-refractivity contribution in [1.29, 1.82) is 0 Å². The smallest absolute Gasteiger partial charge is 0.346 e. The zero-order valence-electron chi connectivity index (χ0n) is 30.8. The highest BCUT2D eigenvalue weighted by Crippen LogP contribution is 2.42. The number of nitrogens with zero attached hydrogens (tertiary/aromatic N) is 3. The minimum absolute atomic E-state index is 0.0580. The van der Waals surface area contributed by atoms with Gasteiger partial charge in [0.15, 0.2) is 23.6 Å². The van der Waals surface area contributed by atoms with Crippen LogP contribution in [0.2, 0.25) is 0 Å². The fourth-order valence-electron chi connectivity index (χ4n) is 5.59. The quantitative estimate of drug-likeness (QED) is 0.0674. The molecule has 0 saturated carbocycles. The highest BCUT2D eigenvalue weighted by molar-refractivity contribution is 5.77. The molecule has 0 aliphatic carbocycles. The van der Waals surface area contributed by atoms with E-state index in [4.69, 9.17) is 33.9 Å². The summed E-state index contributed by atoms with van der Waals surface area (Å²) >= 11 is 0. The Kier molecular flexibility index (Phi) is 13.9. The molecule has 3 aromatic carbocycles. The number of hydrogen-bond donors (Lipinski definition) is 3. The molecule has 1 atom stereocenters. The molecule has 0 spiro atoms. The third-order valence-corrected chi connectivity index (χ3v) is 8.85. The third kappa shape index (κ3) is 9.39. The van der Waals surface area contributed by atoms with Crippen LogP contribution >= 0.6 is 0 Å². The van der Waals surface area contributed by atoms with Gasteiger partial charge in [-0.05, 0) is 76.9 Å². The summed E-state index contributed by atoms with van der Waals surface area (Å²) in [5.74, 6) is 0.880. The van der Waals surface area contributed by atoms with E-state index in [-0.39, 0.29) is 46.0 Å². The lowest BCUT2D eigenvalue weighted by Crippen LogP contribution is -2.25. The van der Waals surface area contributed by atoms with E-state index in [0.717, 1.165) is 51.4 Å². The molecule has 11 nitrogen and oxygen atoms in total. The van der Waals surface area contributed by atoms with Crippen molar-refractivity contribution in [2.24, 2.45) is 0 Å². The van der Waals surface area contributed by atoms with Crippen molar-refractivity contribution in [3.63, 3.8) is 0 Å². The number of aromatic hydroxyl groups is 3. The number of carbonyl (C=O) groups excluding carboxylic acids is 1. The molecular formula is C40H51N3O8. The molecule has 0 bridgehead atoms. The van der Waals surface area contributed by atoms with Crippen LogP contribution in [0.1, 0.15) is 88.8 Å². The topological polar surface area (TPSA) is 153 Å². The van der Waals surface area contributed by atoms with Gasteiger partial charge < -0.3 is 34.3 Å². The number of methoxy groups -OCH3 is 1. The Morgan fingerprint density at radius 1 is 0.608 bits per heavy atom. The zero-order valence-corrected chi connectivity index (χ0v) is 30.8. The number of aromatic nitrogens is 3. The summed E-state index contributed by atoms with van der Waals surface area (Å²) in [5.41, 5.74) is 2.31. The summed E-state index contributed by atoms with van der Waals surface area (Å²) < 4.78 is 22.5. The molecule has 1 heterocycles. The lowest BCUT2D eigenvalue weighted by atomic mass is 10.0. The minimum atomic E-state index is -0.904. The molecule has 3 N–H and O–H groups in total. The molecule has 0 saturated heterocycles. The lowest BCUT2D eigenvalue weighted by Gasteiger charge is -2.17. The molecule has 51 heavy (non-hydrogen) atoms. The molecule has 0 radical (unpaired) electrons. The van der Waals surface area contributed by atoms with E-state index in [1.807, 2.05) is 0 Å². The maximum absolute atomic E-state index is 12.0. The largest absolute Gasteiger partial charge is 0.507 e. The summed E-state index contributed by atoms with van der Waals surface area (Å²) in [4.78, 5) is 26.1. The molecule has 0 aliphatic rings. The number of esters is 1. The number of carbonyl (C=O) groups is 1. The number of benzene rings is 3. The monoisotopic (exact) mass is 701 g/mol. The van der Waals surface area contributed by atoms with Crippen LogP contribution < -0.4 is 14.2 Å². The summed E-state index contributed by atoms with van der Waals surface area (Å²) in [7, 11) is 1.27. The second-order valence-electron chi connectivity index (χ2n) is 12.7. The Morgan fingerprint density at radius 3 is 1.35 bits per heavy atom. The van der Waals surface area contributed by atoms with Gasteiger partial charge in [-0.15, -0.1) is 0 Å². The van der Waals surface area contributed by atoms with Crippen LogP contribution in [0.25, 0.3) is 34.2 Å². The van der Waals surface area contributed by atoms with Gasteiger partial charge in [-0.3, -0.25) is 0 Å². The predicted molar refractivity (Wildman–Crippen MR) is 197 cm³/mol. The Balaban J connectivity index is 1.79. The van der Waals surface area contributed by atoms with Gasteiger partial charge in [0.25, 0.3) is 0 Å². The standard InChI is InChI=1S/C40H51N3O8/c1-8-10-12-14-22-49-31-19-16-28(34(44)24(31)3)37-41-38(29-17-20-32(25(4)35(29)45)50-23-15-13-11-9-2)43-39(42-37)30-18-21-33(26(5)36(30)46)51-27(6)40(47)48-7/h16-21,27,44-46H,8-15,22-23H2,1-7H3. The molecule has 0 aliphatic heterocycles. The second kappa shape index (κ2) is 18.3. The fourth-order valence-corrected chi connectivity index (χ4v) is 5.59. The van der Waals surface area contributed by atoms with Crippen LogP contribution in [-0.2, 0) is 9.53 Å². The fraction of sp³-hybridized carbons (Fsp3) is 0.450. The van der Waals surface area contributed by atoms with Crippen molar-refractivity contribution >= 4 is 5.97 Å². The van der Waals surface area contributed by atoms with Crippen molar-refractivity contribution in [2.75, 3.05) is 20.3 Å². The molecule has 11 heteroatoms. The molecule has 1 aromatic heterocycles. The predicted octanol–water partition coefficient (Wildman–Crippen LogP) is 8.77. The third-order valence-electron chi connectivity index (χ3n) is 8.85. The average molecular weight is 702 g/mol. The van der Waals surface area contributed by atoms with Crippen LogP contribution in [0.15, 0.2) is 36.4 Å². The van der Waals surface area contributed by atoms with Crippen molar-refractivity contribution in [3.8, 4) is 68.7 Å². The number of phenolic OH excluding ortho intramolecular Hbond substituents is 3. The normalized spacial score (nSPS) is 11.7. The van der Waals surface area contributed by atoms with Gasteiger partial charge in [0.2, 0.25) is 0 Å². The van der Waals surface area contributed by atoms with Gasteiger partial charge in [0.1, 0.15) is 34.5 Å². The first kappa shape index (κ1) is 38.7. The highest BCUT2D eigenvalue weighted by atomic mass is 16.6. The molecular weight excluding hydrogens is 650 g/mol. The van der Waals surface area contributed by atoms with Gasteiger partial charge in [-0.2, -0.15) is 0 Å². The van der Waals surface area contributed by atoms with E-state index in [2.05, 4.69) is 13.8 Å². The maximum atomic E-state index is 12.0. The molecule has 274 valence electrons. The Hall–Kier alpha value is -5.06. The minimum Gasteiger partial charge on any atom is -0.507 e. The van der Waals surface area contributed by atoms with Gasteiger partial charge in [-0.25, -0.2) is 19.7 Å². The van der Waals surface area contributed by atoms with Crippen molar-refractivity contribution in [3.05, 3.63) is 53.1 Å². The Labute approximate surface area is 300 Å². The lowest BCUT2D eigenvalue weighted by molar-refractivity contribution is -0.147. The second-order valence-corrected chi connectivity index (χ2v) is 12.7. The number of ether oxygens (including phenoxy) is 4. The van der Waals surface area contributed by atoms with E-state index in [1.54, 1.807) is 64.1 Å². The van der Waals surface area contributed by atoms with E-state index < -0.39 is 12.1 Å². The van der Waals surface area contributed by atoms with Crippen LogP contribution in [0.5, 0.6) is 34.5 Å². The van der Waals surface area contributed by atoms with Crippen LogP contribution in [0.4, 0.5) is 0 Å². The van der Waals surface area contributed by atoms with Crippen molar-refractivity contribution in [2.45, 2.75) is 99.0 Å². The van der Waals surface area contributed by atoms with Crippen LogP contribution in [0.3, 0.4) is 0 Å². The SMILES string of the molecule is CCCCCCOc1ccc(-c2nc(-c3ccc(OCCCCCC)c(C)c3O)nc(-c3ccc(OC(C)C(=O)OC)c(C)c3O)n2)c(O)c1C. The molecule has 0 fully saturated rings. The first-order valence-electron chi connectivity index (χ1n) is 17.8. The number of phenols is 3. The van der Waals surface area contributed by atoms with Gasteiger partial charge in [-0.1, -0.05) is 52.4 Å². The van der Waals surface area contributed by atoms with Gasteiger partial charge >= 0.3 is 5.97 Å². The van der Waals surface area contributed by atoms with Crippen molar-refractivity contribution < 1.29 is 39.1 Å². The van der Waals surface area contributed by atoms with Crippen LogP contribution in [0, 0.1) is 20.8 Å². The number of unbranched alkanes of at least 4 members (excludes halogenated alkanes) is 6. The van der Waals surface area contributed by atoms with E-state index in [1.165, 1.54) is 7.11 Å². The average Bonchev–Trinajstić information content (AvgIpc) is 3.13. The van der Waals surface area contributed by atoms with E-state index in [0.29, 0.717) is 52.5 Å². The summed E-state index contributed by atoms with van der Waals surface area (Å²) in [5, 5.41) is 34.2. The Bertz CT molecular complexity index is 1720. The summed E-state index contributed by atoms with van der Waals surface area (Å²) in [6.45, 7) is 12.1. The van der Waals surface area contributed by atoms with Gasteiger partial charge in [0.05, 0.1) is 37.0 Å². The summed E-state index contributed by atoms with van der Waals surface area (Å²) in [6.07, 6.45) is 7.59. The summed E-state index contributed by atoms with van der Waals surface area (Å²) in [6, 6.07) is 10.1. The number of rotatable bonds is 18. The van der Waals surface area contributed by atoms with E-state index in [9.17, 15) is 20.1 Å². The molecule has 0 amide bonds. The number of hydrogen-bond acceptors (Lipinski definition) is 11. The van der Waals surface area contributed by atoms with Gasteiger partial charge in [0, 0.05) is 16.7 Å². The highest BCUT2D eigenvalue weighted by Gasteiger charge is 2.24. The molecule has 4 aromatic rings. The first-order valence-corrected chi connectivity index (χ1v) is 17.8. The zero-order chi connectivity index (χ0) is 37.1. The molecule has 1 unspecified atom stereocenters. The first-order chi connectivity index (χ1) is 24.5. The van der Waals surface area contributed by atoms with E-state index >= 15 is 0 Å². The molecule has 4 rings (SSSR count).